The van der Waals surface area contributed by atoms with Crippen LogP contribution in [0.2, 0.25) is 0 Å². The lowest BCUT2D eigenvalue weighted by Crippen LogP contribution is -2.41. The first-order valence-corrected chi connectivity index (χ1v) is 6.64. The van der Waals surface area contributed by atoms with Gasteiger partial charge >= 0.3 is 0 Å². The van der Waals surface area contributed by atoms with E-state index in [1.165, 1.54) is 16.7 Å². The van der Waals surface area contributed by atoms with Crippen molar-refractivity contribution in [3.05, 3.63) is 34.9 Å². The molecule has 98 valence electrons. The highest BCUT2D eigenvalue weighted by Crippen LogP contribution is 2.34. The summed E-state index contributed by atoms with van der Waals surface area (Å²) < 4.78 is 0. The zero-order valence-corrected chi connectivity index (χ0v) is 11.4. The van der Waals surface area contributed by atoms with Crippen molar-refractivity contribution in [1.29, 1.82) is 0 Å². The van der Waals surface area contributed by atoms with Gasteiger partial charge < -0.3 is 10.6 Å². The van der Waals surface area contributed by atoms with E-state index >= 15 is 0 Å². The van der Waals surface area contributed by atoms with E-state index < -0.39 is 6.04 Å². The Kier molecular flexibility index (Phi) is 3.71. The van der Waals surface area contributed by atoms with Crippen molar-refractivity contribution in [2.24, 2.45) is 5.73 Å². The van der Waals surface area contributed by atoms with Gasteiger partial charge in [0.2, 0.25) is 5.91 Å². The molecular weight excluding hydrogens is 224 g/mol. The van der Waals surface area contributed by atoms with Crippen LogP contribution in [0.25, 0.3) is 0 Å². The molecule has 0 spiro atoms. The number of likely N-dealkylation sites (tertiary alicyclic amines) is 1. The molecule has 1 aromatic rings. The molecule has 1 aliphatic rings. The van der Waals surface area contributed by atoms with Crippen molar-refractivity contribution in [1.82, 2.24) is 4.90 Å². The number of amides is 1. The Morgan fingerprint density at radius 3 is 2.83 bits per heavy atom. The molecule has 1 amide bonds. The van der Waals surface area contributed by atoms with Crippen LogP contribution in [-0.2, 0) is 4.79 Å². The van der Waals surface area contributed by atoms with Gasteiger partial charge in [-0.2, -0.15) is 0 Å². The molecule has 1 heterocycles. The van der Waals surface area contributed by atoms with Crippen LogP contribution in [0.15, 0.2) is 18.2 Å². The summed E-state index contributed by atoms with van der Waals surface area (Å²) in [6.45, 7) is 6.85. The zero-order valence-electron chi connectivity index (χ0n) is 11.4. The number of nitrogens with zero attached hydrogens (tertiary/aromatic N) is 1. The SMILES string of the molecule is Cc1cccc(C2CCCN2C(=O)[C@H](C)N)c1C. The van der Waals surface area contributed by atoms with Gasteiger partial charge in [0.1, 0.15) is 0 Å². The third-order valence-corrected chi connectivity index (χ3v) is 3.93. The third-order valence-electron chi connectivity index (χ3n) is 3.93. The monoisotopic (exact) mass is 246 g/mol. The summed E-state index contributed by atoms with van der Waals surface area (Å²) in [6, 6.07) is 6.13. The largest absolute Gasteiger partial charge is 0.334 e. The average Bonchev–Trinajstić information content (AvgIpc) is 2.80. The first kappa shape index (κ1) is 13.1. The van der Waals surface area contributed by atoms with Crippen molar-refractivity contribution in [3.8, 4) is 0 Å². The summed E-state index contributed by atoms with van der Waals surface area (Å²) in [5.41, 5.74) is 9.59. The molecule has 0 bridgehead atoms. The number of carbonyl (C=O) groups excluding carboxylic acids is 1. The van der Waals surface area contributed by atoms with E-state index in [-0.39, 0.29) is 11.9 Å². The van der Waals surface area contributed by atoms with Crippen LogP contribution in [0.4, 0.5) is 0 Å². The molecule has 1 fully saturated rings. The minimum atomic E-state index is -0.407. The number of benzene rings is 1. The molecule has 1 saturated heterocycles. The third kappa shape index (κ3) is 2.27. The molecule has 0 saturated carbocycles. The van der Waals surface area contributed by atoms with Gasteiger partial charge in [-0.3, -0.25) is 4.79 Å². The van der Waals surface area contributed by atoms with Gasteiger partial charge in [-0.05, 0) is 50.3 Å². The fourth-order valence-electron chi connectivity index (χ4n) is 2.75. The average molecular weight is 246 g/mol. The van der Waals surface area contributed by atoms with E-state index in [2.05, 4.69) is 32.0 Å². The number of nitrogens with two attached hydrogens (primary N) is 1. The summed E-state index contributed by atoms with van der Waals surface area (Å²) in [6.07, 6.45) is 2.11. The Hall–Kier alpha value is -1.35. The first-order valence-electron chi connectivity index (χ1n) is 6.64. The van der Waals surface area contributed by atoms with Crippen LogP contribution < -0.4 is 5.73 Å². The number of aryl methyl sites for hydroxylation is 1. The molecule has 1 aliphatic heterocycles. The van der Waals surface area contributed by atoms with E-state index in [0.29, 0.717) is 0 Å². The number of hydrogen-bond donors (Lipinski definition) is 1. The molecule has 3 heteroatoms. The van der Waals surface area contributed by atoms with Crippen molar-refractivity contribution < 1.29 is 4.79 Å². The lowest BCUT2D eigenvalue weighted by molar-refractivity contribution is -0.133. The predicted molar refractivity (Wildman–Crippen MR) is 73.3 cm³/mol. The van der Waals surface area contributed by atoms with Crippen molar-refractivity contribution in [3.63, 3.8) is 0 Å². The molecule has 1 aromatic carbocycles. The maximum Gasteiger partial charge on any atom is 0.239 e. The molecule has 0 aliphatic carbocycles. The highest BCUT2D eigenvalue weighted by Gasteiger charge is 2.32. The molecule has 2 N–H and O–H groups in total. The van der Waals surface area contributed by atoms with E-state index in [4.69, 9.17) is 5.73 Å². The first-order chi connectivity index (χ1) is 8.52. The second kappa shape index (κ2) is 5.11. The van der Waals surface area contributed by atoms with Gasteiger partial charge in [-0.25, -0.2) is 0 Å². The molecule has 0 radical (unpaired) electrons. The van der Waals surface area contributed by atoms with Crippen LogP contribution in [0.5, 0.6) is 0 Å². The lowest BCUT2D eigenvalue weighted by atomic mass is 9.96. The zero-order chi connectivity index (χ0) is 13.3. The maximum absolute atomic E-state index is 12.1. The van der Waals surface area contributed by atoms with E-state index in [0.717, 1.165) is 19.4 Å². The number of carbonyl (C=O) groups is 1. The number of hydrogen-bond acceptors (Lipinski definition) is 2. The second-order valence-corrected chi connectivity index (χ2v) is 5.27. The molecule has 0 aromatic heterocycles. The van der Waals surface area contributed by atoms with E-state index in [1.54, 1.807) is 6.92 Å². The van der Waals surface area contributed by atoms with Gasteiger partial charge in [-0.1, -0.05) is 18.2 Å². The smallest absolute Gasteiger partial charge is 0.239 e. The van der Waals surface area contributed by atoms with Crippen molar-refractivity contribution in [2.45, 2.75) is 45.7 Å². The Balaban J connectivity index is 2.32. The van der Waals surface area contributed by atoms with Crippen LogP contribution >= 0.6 is 0 Å². The molecule has 2 atom stereocenters. The molecular formula is C15H22N2O. The Labute approximate surface area is 109 Å². The maximum atomic E-state index is 12.1. The Bertz CT molecular complexity index is 454. The topological polar surface area (TPSA) is 46.3 Å². The molecule has 18 heavy (non-hydrogen) atoms. The highest BCUT2D eigenvalue weighted by molar-refractivity contribution is 5.82. The summed E-state index contributed by atoms with van der Waals surface area (Å²) in [4.78, 5) is 14.1. The van der Waals surface area contributed by atoms with Crippen LogP contribution in [0.3, 0.4) is 0 Å². The fraction of sp³-hybridized carbons (Fsp3) is 0.533. The van der Waals surface area contributed by atoms with Crippen molar-refractivity contribution in [2.75, 3.05) is 6.54 Å². The summed E-state index contributed by atoms with van der Waals surface area (Å²) >= 11 is 0. The van der Waals surface area contributed by atoms with E-state index in [9.17, 15) is 4.79 Å². The minimum Gasteiger partial charge on any atom is -0.334 e. The van der Waals surface area contributed by atoms with Gasteiger partial charge in [-0.15, -0.1) is 0 Å². The molecule has 3 nitrogen and oxygen atoms in total. The standard InChI is InChI=1S/C15H22N2O/c1-10-6-4-7-13(11(10)2)14-8-5-9-17(14)15(18)12(3)16/h4,6-7,12,14H,5,8-9,16H2,1-3H3/t12-,14?/m0/s1. The van der Waals surface area contributed by atoms with Gasteiger partial charge in [0, 0.05) is 6.54 Å². The summed E-state index contributed by atoms with van der Waals surface area (Å²) in [7, 11) is 0. The van der Waals surface area contributed by atoms with Crippen LogP contribution in [0.1, 0.15) is 42.5 Å². The Morgan fingerprint density at radius 2 is 2.17 bits per heavy atom. The fourth-order valence-corrected chi connectivity index (χ4v) is 2.75. The van der Waals surface area contributed by atoms with Crippen LogP contribution in [0, 0.1) is 13.8 Å². The summed E-state index contributed by atoms with van der Waals surface area (Å²) in [5.74, 6) is 0.0680. The van der Waals surface area contributed by atoms with E-state index in [1.807, 2.05) is 4.90 Å². The molecule has 2 rings (SSSR count). The summed E-state index contributed by atoms with van der Waals surface area (Å²) in [5, 5.41) is 0. The Morgan fingerprint density at radius 1 is 1.44 bits per heavy atom. The minimum absolute atomic E-state index is 0.0680. The number of rotatable bonds is 2. The molecule has 1 unspecified atom stereocenters. The van der Waals surface area contributed by atoms with Gasteiger partial charge in [0.15, 0.2) is 0 Å². The highest BCUT2D eigenvalue weighted by atomic mass is 16.2. The second-order valence-electron chi connectivity index (χ2n) is 5.27. The van der Waals surface area contributed by atoms with Gasteiger partial charge in [0.05, 0.1) is 12.1 Å². The van der Waals surface area contributed by atoms with Crippen molar-refractivity contribution >= 4 is 5.91 Å². The quantitative estimate of drug-likeness (QED) is 0.870. The normalized spacial score (nSPS) is 21.1. The lowest BCUT2D eigenvalue weighted by Gasteiger charge is -2.28. The van der Waals surface area contributed by atoms with Gasteiger partial charge in [0.25, 0.3) is 0 Å². The predicted octanol–water partition coefficient (Wildman–Crippen LogP) is 2.31. The van der Waals surface area contributed by atoms with Crippen LogP contribution in [-0.4, -0.2) is 23.4 Å².